The number of allylic oxidation sites excluding steroid dienone is 1. The topological polar surface area (TPSA) is 78.7 Å². The number of aryl methyl sites for hydroxylation is 1. The predicted octanol–water partition coefficient (Wildman–Crippen LogP) is 4.52. The second kappa shape index (κ2) is 7.61. The number of carbonyl (C=O) groups excluding carboxylic acids is 1. The fourth-order valence-electron chi connectivity index (χ4n) is 3.09. The third-order valence-electron chi connectivity index (χ3n) is 4.43. The smallest absolute Gasteiger partial charge is 0.273 e. The Morgan fingerprint density at radius 1 is 1.37 bits per heavy atom. The van der Waals surface area contributed by atoms with E-state index in [-0.39, 0.29) is 23.1 Å². The Hall–Kier alpha value is -3.15. The van der Waals surface area contributed by atoms with Crippen LogP contribution in [-0.2, 0) is 6.42 Å². The maximum Gasteiger partial charge on any atom is 0.273 e. The van der Waals surface area contributed by atoms with Gasteiger partial charge in [0.1, 0.15) is 17.6 Å². The van der Waals surface area contributed by atoms with Crippen LogP contribution in [0, 0.1) is 17.0 Å². The molecule has 0 unspecified atom stereocenters. The molecular weight excluding hydrogens is 346 g/mol. The summed E-state index contributed by atoms with van der Waals surface area (Å²) >= 11 is 0. The highest BCUT2D eigenvalue weighted by Gasteiger charge is 2.21. The lowest BCUT2D eigenvalue weighted by molar-refractivity contribution is -0.385. The first-order chi connectivity index (χ1) is 12.9. The van der Waals surface area contributed by atoms with Crippen molar-refractivity contribution in [2.75, 3.05) is 6.61 Å². The molecule has 1 aliphatic rings. The largest absolute Gasteiger partial charge is 0.493 e. The number of nitro benzene ring substituents is 1. The van der Waals surface area contributed by atoms with E-state index in [4.69, 9.17) is 9.47 Å². The molecule has 0 saturated carbocycles. The molecule has 0 spiro atoms. The lowest BCUT2D eigenvalue weighted by atomic mass is 10.0. The Labute approximate surface area is 157 Å². The van der Waals surface area contributed by atoms with E-state index in [0.29, 0.717) is 17.9 Å². The quantitative estimate of drug-likeness (QED) is 0.325. The van der Waals surface area contributed by atoms with Crippen molar-refractivity contribution in [2.45, 2.75) is 33.3 Å². The number of hydrogen-bond donors (Lipinski definition) is 0. The van der Waals surface area contributed by atoms with Crippen LogP contribution in [0.3, 0.4) is 0 Å². The number of carbonyl (C=O) groups is 1. The SMILES string of the molecule is CCOc1cc2c(cc1/C=C/C(=O)c1ccc(C)c([N+](=O)[O-])c1)O[C@@H](C)C2. The molecular formula is C21H21NO5. The number of ether oxygens (including phenoxy) is 2. The van der Waals surface area contributed by atoms with E-state index in [1.54, 1.807) is 25.1 Å². The zero-order valence-electron chi connectivity index (χ0n) is 15.5. The molecule has 6 heteroatoms. The fourth-order valence-corrected chi connectivity index (χ4v) is 3.09. The van der Waals surface area contributed by atoms with Crippen LogP contribution in [0.2, 0.25) is 0 Å². The molecule has 1 heterocycles. The van der Waals surface area contributed by atoms with Crippen molar-refractivity contribution in [3.05, 3.63) is 68.8 Å². The first kappa shape index (κ1) is 18.6. The van der Waals surface area contributed by atoms with Crippen molar-refractivity contribution in [3.8, 4) is 11.5 Å². The van der Waals surface area contributed by atoms with Gasteiger partial charge in [-0.2, -0.15) is 0 Å². The first-order valence-electron chi connectivity index (χ1n) is 8.83. The molecule has 3 rings (SSSR count). The molecule has 140 valence electrons. The van der Waals surface area contributed by atoms with Crippen molar-refractivity contribution in [1.29, 1.82) is 0 Å². The molecule has 0 bridgehead atoms. The molecule has 0 N–H and O–H groups in total. The van der Waals surface area contributed by atoms with Gasteiger partial charge in [0.25, 0.3) is 5.69 Å². The van der Waals surface area contributed by atoms with Crippen LogP contribution in [0.1, 0.15) is 40.9 Å². The molecule has 0 radical (unpaired) electrons. The van der Waals surface area contributed by atoms with E-state index in [0.717, 1.165) is 23.3 Å². The number of hydrogen-bond acceptors (Lipinski definition) is 5. The van der Waals surface area contributed by atoms with Crippen LogP contribution in [0.4, 0.5) is 5.69 Å². The molecule has 6 nitrogen and oxygen atoms in total. The lowest BCUT2D eigenvalue weighted by Gasteiger charge is -2.10. The van der Waals surface area contributed by atoms with Crippen molar-refractivity contribution < 1.29 is 19.2 Å². The van der Waals surface area contributed by atoms with Gasteiger partial charge in [-0.25, -0.2) is 0 Å². The molecule has 27 heavy (non-hydrogen) atoms. The summed E-state index contributed by atoms with van der Waals surface area (Å²) in [6.45, 7) is 6.05. The Morgan fingerprint density at radius 2 is 2.15 bits per heavy atom. The van der Waals surface area contributed by atoms with E-state index in [1.165, 1.54) is 12.1 Å². The third kappa shape index (κ3) is 4.00. The van der Waals surface area contributed by atoms with E-state index in [1.807, 2.05) is 26.0 Å². The van der Waals surface area contributed by atoms with Crippen LogP contribution >= 0.6 is 0 Å². The summed E-state index contributed by atoms with van der Waals surface area (Å²) in [5.41, 5.74) is 2.55. The molecule has 0 fully saturated rings. The van der Waals surface area contributed by atoms with Gasteiger partial charge in [-0.1, -0.05) is 12.1 Å². The van der Waals surface area contributed by atoms with Gasteiger partial charge in [-0.15, -0.1) is 0 Å². The summed E-state index contributed by atoms with van der Waals surface area (Å²) in [6.07, 6.45) is 4.00. The van der Waals surface area contributed by atoms with Gasteiger partial charge in [0.2, 0.25) is 0 Å². The van der Waals surface area contributed by atoms with Gasteiger partial charge < -0.3 is 9.47 Å². The van der Waals surface area contributed by atoms with Crippen molar-refractivity contribution >= 4 is 17.5 Å². The predicted molar refractivity (Wildman–Crippen MR) is 103 cm³/mol. The van der Waals surface area contributed by atoms with Gasteiger partial charge in [-0.05, 0) is 45.1 Å². The maximum absolute atomic E-state index is 12.5. The summed E-state index contributed by atoms with van der Waals surface area (Å²) in [6, 6.07) is 8.29. The Bertz CT molecular complexity index is 932. The monoisotopic (exact) mass is 367 g/mol. The van der Waals surface area contributed by atoms with Gasteiger partial charge in [0, 0.05) is 34.7 Å². The Balaban J connectivity index is 1.89. The van der Waals surface area contributed by atoms with Crippen LogP contribution in [0.15, 0.2) is 36.4 Å². The average Bonchev–Trinajstić information content (AvgIpc) is 2.98. The number of fused-ring (bicyclic) bond motifs is 1. The van der Waals surface area contributed by atoms with Gasteiger partial charge >= 0.3 is 0 Å². The van der Waals surface area contributed by atoms with Crippen LogP contribution in [-0.4, -0.2) is 23.4 Å². The molecule has 0 amide bonds. The number of ketones is 1. The Kier molecular flexibility index (Phi) is 5.26. The molecule has 2 aromatic carbocycles. The zero-order chi connectivity index (χ0) is 19.6. The minimum Gasteiger partial charge on any atom is -0.493 e. The number of benzene rings is 2. The zero-order valence-corrected chi connectivity index (χ0v) is 15.5. The highest BCUT2D eigenvalue weighted by Crippen LogP contribution is 2.35. The summed E-state index contributed by atoms with van der Waals surface area (Å²) in [4.78, 5) is 23.1. The standard InChI is InChI=1S/C21H21NO5/c1-4-26-20-12-17-9-14(3)27-21(17)11-16(20)7-8-19(23)15-6-5-13(2)18(10-15)22(24)25/h5-8,10-12,14H,4,9H2,1-3H3/b8-7+/t14-/m0/s1. The maximum atomic E-state index is 12.5. The van der Waals surface area contributed by atoms with Gasteiger partial charge in [0.15, 0.2) is 5.78 Å². The van der Waals surface area contributed by atoms with E-state index < -0.39 is 4.92 Å². The van der Waals surface area contributed by atoms with Gasteiger partial charge in [-0.3, -0.25) is 14.9 Å². The second-order valence-corrected chi connectivity index (χ2v) is 6.52. The Morgan fingerprint density at radius 3 is 2.85 bits per heavy atom. The van der Waals surface area contributed by atoms with Crippen molar-refractivity contribution in [2.24, 2.45) is 0 Å². The van der Waals surface area contributed by atoms with Crippen molar-refractivity contribution in [3.63, 3.8) is 0 Å². The van der Waals surface area contributed by atoms with Crippen LogP contribution < -0.4 is 9.47 Å². The summed E-state index contributed by atoms with van der Waals surface area (Å²) in [5, 5.41) is 11.1. The summed E-state index contributed by atoms with van der Waals surface area (Å²) in [5.74, 6) is 1.17. The number of nitro groups is 1. The van der Waals surface area contributed by atoms with E-state index >= 15 is 0 Å². The van der Waals surface area contributed by atoms with Gasteiger partial charge in [0.05, 0.1) is 11.5 Å². The van der Waals surface area contributed by atoms with Crippen LogP contribution in [0.5, 0.6) is 11.5 Å². The number of rotatable bonds is 6. The molecule has 0 aliphatic carbocycles. The second-order valence-electron chi connectivity index (χ2n) is 6.52. The van der Waals surface area contributed by atoms with Crippen LogP contribution in [0.25, 0.3) is 6.08 Å². The molecule has 2 aromatic rings. The fraction of sp³-hybridized carbons (Fsp3) is 0.286. The lowest BCUT2D eigenvalue weighted by Crippen LogP contribution is -2.05. The summed E-state index contributed by atoms with van der Waals surface area (Å²) < 4.78 is 11.5. The molecule has 1 aliphatic heterocycles. The molecule has 1 atom stereocenters. The normalized spacial score (nSPS) is 15.4. The highest BCUT2D eigenvalue weighted by molar-refractivity contribution is 6.07. The molecule has 0 aromatic heterocycles. The average molecular weight is 367 g/mol. The molecule has 0 saturated heterocycles. The number of nitrogens with zero attached hydrogens (tertiary/aromatic N) is 1. The van der Waals surface area contributed by atoms with E-state index in [9.17, 15) is 14.9 Å². The highest BCUT2D eigenvalue weighted by atomic mass is 16.6. The third-order valence-corrected chi connectivity index (χ3v) is 4.43. The van der Waals surface area contributed by atoms with Crippen molar-refractivity contribution in [1.82, 2.24) is 0 Å². The summed E-state index contributed by atoms with van der Waals surface area (Å²) in [7, 11) is 0. The minimum atomic E-state index is -0.484. The first-order valence-corrected chi connectivity index (χ1v) is 8.83. The van der Waals surface area contributed by atoms with E-state index in [2.05, 4.69) is 0 Å². The minimum absolute atomic E-state index is 0.0656.